The van der Waals surface area contributed by atoms with Crippen LogP contribution in [0, 0.1) is 4.91 Å². The molecule has 0 aliphatic rings. The van der Waals surface area contributed by atoms with Gasteiger partial charge >= 0.3 is 5.69 Å². The Bertz CT molecular complexity index is 1320. The molecule has 0 radical (unpaired) electrons. The maximum absolute atomic E-state index is 12.9. The van der Waals surface area contributed by atoms with Gasteiger partial charge in [-0.3, -0.25) is 14.2 Å². The number of hydrogen-bond acceptors (Lipinski definition) is 6. The Kier molecular flexibility index (Phi) is 7.45. The Labute approximate surface area is 198 Å². The second kappa shape index (κ2) is 10.1. The molecule has 3 rings (SSSR count). The molecule has 0 fully saturated rings. The van der Waals surface area contributed by atoms with Crippen LogP contribution in [-0.4, -0.2) is 32.3 Å². The van der Waals surface area contributed by atoms with Crippen LogP contribution < -0.4 is 16.6 Å². The van der Waals surface area contributed by atoms with E-state index >= 15 is 0 Å². The molecule has 11 heteroatoms. The van der Waals surface area contributed by atoms with E-state index in [9.17, 15) is 19.3 Å². The van der Waals surface area contributed by atoms with Gasteiger partial charge in [-0.05, 0) is 50.1 Å². The molecule has 9 nitrogen and oxygen atoms in total. The quantitative estimate of drug-likeness (QED) is 0.487. The van der Waals surface area contributed by atoms with Gasteiger partial charge in [0.1, 0.15) is 11.7 Å². The number of amides is 1. The van der Waals surface area contributed by atoms with Crippen molar-refractivity contribution in [3.05, 3.63) is 95.6 Å². The summed E-state index contributed by atoms with van der Waals surface area (Å²) in [7, 11) is 0. The zero-order valence-corrected chi connectivity index (χ0v) is 19.4. The average Bonchev–Trinajstić information content (AvgIpc) is 2.78. The van der Waals surface area contributed by atoms with Gasteiger partial charge in [0.15, 0.2) is 0 Å². The van der Waals surface area contributed by atoms with Crippen molar-refractivity contribution in [2.45, 2.75) is 32.4 Å². The highest BCUT2D eigenvalue weighted by Gasteiger charge is 2.22. The van der Waals surface area contributed by atoms with E-state index in [0.29, 0.717) is 18.0 Å². The fraction of sp³-hybridized carbons (Fsp3) is 0.273. The molecule has 0 atom stereocenters. The predicted molar refractivity (Wildman–Crippen MR) is 126 cm³/mol. The Morgan fingerprint density at radius 1 is 1.12 bits per heavy atom. The smallest absolute Gasteiger partial charge is 0.352 e. The minimum absolute atomic E-state index is 0.134. The molecule has 2 aromatic carbocycles. The second-order valence-corrected chi connectivity index (χ2v) is 8.74. The van der Waals surface area contributed by atoms with Crippen LogP contribution in [0.25, 0.3) is 5.69 Å². The minimum Gasteiger partial charge on any atom is -0.352 e. The first-order chi connectivity index (χ1) is 15.6. The van der Waals surface area contributed by atoms with Crippen LogP contribution in [0.1, 0.15) is 29.8 Å². The molecule has 1 aromatic heterocycles. The molecule has 1 amide bonds. The summed E-state index contributed by atoms with van der Waals surface area (Å²) in [4.78, 5) is 48.8. The largest absolute Gasteiger partial charge is 0.352 e. The maximum Gasteiger partial charge on any atom is 0.352 e. The fourth-order valence-electron chi connectivity index (χ4n) is 3.10. The molecule has 0 aliphatic heterocycles. The summed E-state index contributed by atoms with van der Waals surface area (Å²) in [5.74, 6) is -0.443. The second-order valence-electron chi connectivity index (χ2n) is 7.93. The number of nitrogens with one attached hydrogen (secondary N) is 1. The molecule has 0 unspecified atom stereocenters. The molecule has 3 aromatic rings. The van der Waals surface area contributed by atoms with Crippen molar-refractivity contribution in [2.75, 3.05) is 6.54 Å². The molecule has 0 spiro atoms. The molecule has 0 saturated carbocycles. The number of hydrogen-bond donors (Lipinski definition) is 1. The summed E-state index contributed by atoms with van der Waals surface area (Å²) < 4.78 is 1.82. The Hall–Kier alpha value is -3.30. The van der Waals surface area contributed by atoms with E-state index in [2.05, 4.69) is 15.6 Å². The molecule has 0 saturated heterocycles. The highest BCUT2D eigenvalue weighted by Crippen LogP contribution is 2.19. The highest BCUT2D eigenvalue weighted by atomic mass is 35.5. The third-order valence-electron chi connectivity index (χ3n) is 4.83. The lowest BCUT2D eigenvalue weighted by molar-refractivity contribution is 0.0954. The molecule has 172 valence electrons. The van der Waals surface area contributed by atoms with Crippen molar-refractivity contribution in [3.8, 4) is 5.69 Å². The minimum atomic E-state index is -1.17. The summed E-state index contributed by atoms with van der Waals surface area (Å²) in [6, 6.07) is 11.7. The number of nitroso groups, excluding NO2 is 1. The van der Waals surface area contributed by atoms with Crippen molar-refractivity contribution < 1.29 is 4.79 Å². The number of carbonyl (C=O) groups is 1. The molecule has 1 heterocycles. The van der Waals surface area contributed by atoms with Crippen LogP contribution in [0.4, 0.5) is 0 Å². The Morgan fingerprint density at radius 3 is 2.55 bits per heavy atom. The van der Waals surface area contributed by atoms with E-state index in [1.807, 2.05) is 18.2 Å². The number of rotatable bonds is 8. The number of carbonyl (C=O) groups excluding carboxylic acids is 1. The first kappa shape index (κ1) is 24.3. The van der Waals surface area contributed by atoms with Gasteiger partial charge in [0.25, 0.3) is 11.5 Å². The average molecular weight is 490 g/mol. The lowest BCUT2D eigenvalue weighted by atomic mass is 10.1. The van der Waals surface area contributed by atoms with Crippen LogP contribution in [0.15, 0.2) is 63.4 Å². The van der Waals surface area contributed by atoms with Crippen molar-refractivity contribution in [2.24, 2.45) is 5.18 Å². The van der Waals surface area contributed by atoms with Crippen LogP contribution in [0.5, 0.6) is 0 Å². The van der Waals surface area contributed by atoms with Gasteiger partial charge in [-0.2, -0.15) is 14.7 Å². The van der Waals surface area contributed by atoms with Gasteiger partial charge < -0.3 is 5.32 Å². The van der Waals surface area contributed by atoms with Crippen molar-refractivity contribution in [1.29, 1.82) is 0 Å². The van der Waals surface area contributed by atoms with E-state index < -0.39 is 22.7 Å². The van der Waals surface area contributed by atoms with Crippen molar-refractivity contribution >= 4 is 29.1 Å². The van der Waals surface area contributed by atoms with Gasteiger partial charge in [0.2, 0.25) is 0 Å². The first-order valence-corrected chi connectivity index (χ1v) is 10.7. The van der Waals surface area contributed by atoms with Crippen molar-refractivity contribution in [3.63, 3.8) is 0 Å². The van der Waals surface area contributed by atoms with Gasteiger partial charge in [-0.25, -0.2) is 4.79 Å². The monoisotopic (exact) mass is 489 g/mol. The Balaban J connectivity index is 1.86. The highest BCUT2D eigenvalue weighted by molar-refractivity contribution is 6.34. The molecule has 0 aliphatic carbocycles. The van der Waals surface area contributed by atoms with Gasteiger partial charge in [-0.1, -0.05) is 46.6 Å². The van der Waals surface area contributed by atoms with Gasteiger partial charge in [0, 0.05) is 11.6 Å². The van der Waals surface area contributed by atoms with Gasteiger partial charge in [0.05, 0.1) is 22.8 Å². The van der Waals surface area contributed by atoms with E-state index in [4.69, 9.17) is 23.2 Å². The van der Waals surface area contributed by atoms with E-state index in [0.717, 1.165) is 21.0 Å². The number of halogens is 2. The lowest BCUT2D eigenvalue weighted by Crippen LogP contribution is -2.44. The van der Waals surface area contributed by atoms with E-state index in [1.165, 1.54) is 32.0 Å². The summed E-state index contributed by atoms with van der Waals surface area (Å²) >= 11 is 12.3. The number of aromatic nitrogens is 3. The zero-order valence-electron chi connectivity index (χ0n) is 17.9. The normalized spacial score (nSPS) is 11.3. The first-order valence-electron chi connectivity index (χ1n) is 9.98. The van der Waals surface area contributed by atoms with Crippen LogP contribution in [-0.2, 0) is 13.0 Å². The molecule has 33 heavy (non-hydrogen) atoms. The number of benzene rings is 2. The predicted octanol–water partition coefficient (Wildman–Crippen LogP) is 3.22. The van der Waals surface area contributed by atoms with Crippen LogP contribution in [0.2, 0.25) is 10.0 Å². The van der Waals surface area contributed by atoms with Crippen molar-refractivity contribution in [1.82, 2.24) is 19.7 Å². The molecule has 0 bridgehead atoms. The van der Waals surface area contributed by atoms with Crippen LogP contribution in [0.3, 0.4) is 0 Å². The molecule has 1 N–H and O–H groups in total. The summed E-state index contributed by atoms with van der Waals surface area (Å²) in [6.07, 6.45) is 1.48. The SMILES string of the molecule is CC(C)(Cn1c(=O)cnn(-c2ccc(Cl)c(C(=O)NCCc3ccccc3Cl)c2)c1=O)N=O. The van der Waals surface area contributed by atoms with E-state index in [-0.39, 0.29) is 22.8 Å². The Morgan fingerprint density at radius 2 is 1.85 bits per heavy atom. The third-order valence-corrected chi connectivity index (χ3v) is 5.53. The van der Waals surface area contributed by atoms with Gasteiger partial charge in [-0.15, -0.1) is 0 Å². The summed E-state index contributed by atoms with van der Waals surface area (Å²) in [5.41, 5.74) is -1.36. The lowest BCUT2D eigenvalue weighted by Gasteiger charge is -2.17. The molecular weight excluding hydrogens is 469 g/mol. The maximum atomic E-state index is 12.9. The topological polar surface area (TPSA) is 115 Å². The summed E-state index contributed by atoms with van der Waals surface area (Å²) in [6.45, 7) is 3.10. The number of nitrogens with zero attached hydrogens (tertiary/aromatic N) is 4. The molecular formula is C22H21Cl2N5O4. The van der Waals surface area contributed by atoms with Crippen LogP contribution >= 0.6 is 23.2 Å². The zero-order chi connectivity index (χ0) is 24.2. The standard InChI is InChI=1S/C22H21Cl2N5O4/c1-22(2,27-33)13-28-19(30)12-26-29(21(28)32)15-7-8-18(24)16(11-15)20(31)25-10-9-14-5-3-4-6-17(14)23/h3-8,11-12H,9-10,13H2,1-2H3,(H,25,31). The summed E-state index contributed by atoms with van der Waals surface area (Å²) in [5, 5.41) is 10.4. The fourth-order valence-corrected chi connectivity index (χ4v) is 3.53. The van der Waals surface area contributed by atoms with E-state index in [1.54, 1.807) is 6.07 Å². The third kappa shape index (κ3) is 5.74.